The largest absolute Gasteiger partial charge is 0.343 e. The lowest BCUT2D eigenvalue weighted by atomic mass is 9.88. The lowest BCUT2D eigenvalue weighted by Crippen LogP contribution is -2.43. The smallest absolute Gasteiger partial charge is 0.222 e. The minimum atomic E-state index is 0.349. The lowest BCUT2D eigenvalue weighted by Gasteiger charge is -2.33. The zero-order chi connectivity index (χ0) is 8.55. The van der Waals surface area contributed by atoms with Crippen molar-refractivity contribution in [3.63, 3.8) is 0 Å². The molecule has 2 rings (SSSR count). The number of carbonyl (C=O) groups excluding carboxylic acids is 1. The molecule has 68 valence electrons. The first-order chi connectivity index (χ1) is 5.81. The maximum atomic E-state index is 11.5. The van der Waals surface area contributed by atoms with E-state index in [0.717, 1.165) is 38.5 Å². The van der Waals surface area contributed by atoms with Gasteiger partial charge in [-0.15, -0.1) is 0 Å². The monoisotopic (exact) mass is 168 g/mol. The highest BCUT2D eigenvalue weighted by atomic mass is 16.2. The van der Waals surface area contributed by atoms with Gasteiger partial charge in [0.15, 0.2) is 0 Å². The Morgan fingerprint density at radius 3 is 3.00 bits per heavy atom. The molecule has 3 nitrogen and oxygen atoms in total. The molecule has 2 aliphatic heterocycles. The first kappa shape index (κ1) is 8.05. The van der Waals surface area contributed by atoms with Crippen LogP contribution in [-0.4, -0.2) is 37.0 Å². The third-order valence-electron chi connectivity index (χ3n) is 3.11. The van der Waals surface area contributed by atoms with Gasteiger partial charge >= 0.3 is 0 Å². The van der Waals surface area contributed by atoms with Crippen molar-refractivity contribution in [3.8, 4) is 0 Å². The van der Waals surface area contributed by atoms with E-state index in [1.165, 1.54) is 0 Å². The van der Waals surface area contributed by atoms with Crippen molar-refractivity contribution in [2.45, 2.75) is 13.3 Å². The Morgan fingerprint density at radius 2 is 2.25 bits per heavy atom. The van der Waals surface area contributed by atoms with E-state index >= 15 is 0 Å². The van der Waals surface area contributed by atoms with Crippen molar-refractivity contribution in [1.82, 2.24) is 10.2 Å². The second kappa shape index (κ2) is 3.05. The van der Waals surface area contributed by atoms with Gasteiger partial charge in [0, 0.05) is 19.5 Å². The van der Waals surface area contributed by atoms with Crippen LogP contribution in [0.5, 0.6) is 0 Å². The number of piperidine rings is 1. The van der Waals surface area contributed by atoms with Crippen molar-refractivity contribution in [1.29, 1.82) is 0 Å². The van der Waals surface area contributed by atoms with Crippen LogP contribution in [0.1, 0.15) is 13.3 Å². The minimum Gasteiger partial charge on any atom is -0.343 e. The molecule has 0 saturated carbocycles. The highest BCUT2D eigenvalue weighted by Crippen LogP contribution is 2.26. The number of carbonyl (C=O) groups is 1. The normalized spacial score (nSPS) is 35.4. The van der Waals surface area contributed by atoms with Gasteiger partial charge in [0.1, 0.15) is 0 Å². The second-order valence-corrected chi connectivity index (χ2v) is 3.81. The highest BCUT2D eigenvalue weighted by Gasteiger charge is 2.35. The summed E-state index contributed by atoms with van der Waals surface area (Å²) in [4.78, 5) is 13.4. The van der Waals surface area contributed by atoms with E-state index < -0.39 is 0 Å². The van der Waals surface area contributed by atoms with Crippen LogP contribution in [0.15, 0.2) is 0 Å². The van der Waals surface area contributed by atoms with E-state index in [1.807, 2.05) is 4.90 Å². The van der Waals surface area contributed by atoms with Crippen LogP contribution in [0, 0.1) is 11.8 Å². The third-order valence-corrected chi connectivity index (χ3v) is 3.11. The third kappa shape index (κ3) is 1.22. The van der Waals surface area contributed by atoms with Crippen LogP contribution in [0.25, 0.3) is 0 Å². The predicted octanol–water partition coefficient (Wildman–Crippen LogP) is 0.0742. The zero-order valence-electron chi connectivity index (χ0n) is 7.55. The average Bonchev–Trinajstić information content (AvgIpc) is 2.49. The lowest BCUT2D eigenvalue weighted by molar-refractivity contribution is -0.135. The van der Waals surface area contributed by atoms with Gasteiger partial charge in [-0.05, 0) is 31.8 Å². The summed E-state index contributed by atoms with van der Waals surface area (Å²) in [6.07, 6.45) is 0.769. The van der Waals surface area contributed by atoms with E-state index in [2.05, 4.69) is 12.2 Å². The fraction of sp³-hybridized carbons (Fsp3) is 0.889. The standard InChI is InChI=1S/C9H16N2O/c1-2-11-6-8-5-10-4-7(8)3-9(11)12/h7-8,10H,2-6H2,1H3. The maximum Gasteiger partial charge on any atom is 0.222 e. The molecule has 1 amide bonds. The van der Waals surface area contributed by atoms with Gasteiger partial charge in [-0.25, -0.2) is 0 Å². The van der Waals surface area contributed by atoms with Gasteiger partial charge in [0.2, 0.25) is 5.91 Å². The molecular weight excluding hydrogens is 152 g/mol. The molecule has 2 saturated heterocycles. The maximum absolute atomic E-state index is 11.5. The summed E-state index contributed by atoms with van der Waals surface area (Å²) in [7, 11) is 0. The van der Waals surface area contributed by atoms with Crippen molar-refractivity contribution < 1.29 is 4.79 Å². The summed E-state index contributed by atoms with van der Waals surface area (Å²) in [6, 6.07) is 0. The molecule has 0 bridgehead atoms. The summed E-state index contributed by atoms with van der Waals surface area (Å²) in [5, 5.41) is 3.35. The molecule has 0 aliphatic carbocycles. The molecule has 2 unspecified atom stereocenters. The highest BCUT2D eigenvalue weighted by molar-refractivity contribution is 5.77. The molecule has 1 N–H and O–H groups in total. The van der Waals surface area contributed by atoms with E-state index in [1.54, 1.807) is 0 Å². The summed E-state index contributed by atoms with van der Waals surface area (Å²) >= 11 is 0. The minimum absolute atomic E-state index is 0.349. The average molecular weight is 168 g/mol. The van der Waals surface area contributed by atoms with Gasteiger partial charge < -0.3 is 10.2 Å². The number of hydrogen-bond acceptors (Lipinski definition) is 2. The molecule has 0 aromatic carbocycles. The number of rotatable bonds is 1. The predicted molar refractivity (Wildman–Crippen MR) is 46.7 cm³/mol. The molecule has 0 aromatic heterocycles. The molecule has 0 radical (unpaired) electrons. The van der Waals surface area contributed by atoms with Crippen LogP contribution < -0.4 is 5.32 Å². The van der Waals surface area contributed by atoms with Crippen LogP contribution >= 0.6 is 0 Å². The summed E-state index contributed by atoms with van der Waals surface area (Å²) < 4.78 is 0. The van der Waals surface area contributed by atoms with Gasteiger partial charge in [0.05, 0.1) is 0 Å². The number of hydrogen-bond donors (Lipinski definition) is 1. The molecule has 0 aromatic rings. The zero-order valence-corrected chi connectivity index (χ0v) is 7.55. The number of nitrogens with zero attached hydrogens (tertiary/aromatic N) is 1. The SMILES string of the molecule is CCN1CC2CNCC2CC1=O. The van der Waals surface area contributed by atoms with Gasteiger partial charge in [-0.3, -0.25) is 4.79 Å². The van der Waals surface area contributed by atoms with Gasteiger partial charge in [-0.1, -0.05) is 0 Å². The van der Waals surface area contributed by atoms with Crippen molar-refractivity contribution in [2.24, 2.45) is 11.8 Å². The second-order valence-electron chi connectivity index (χ2n) is 3.81. The fourth-order valence-electron chi connectivity index (χ4n) is 2.28. The van der Waals surface area contributed by atoms with Crippen LogP contribution in [0.4, 0.5) is 0 Å². The molecule has 2 heterocycles. The molecule has 2 fully saturated rings. The summed E-state index contributed by atoms with van der Waals surface area (Å²) in [5.41, 5.74) is 0. The number of likely N-dealkylation sites (tertiary alicyclic amines) is 1. The quantitative estimate of drug-likeness (QED) is 0.601. The van der Waals surface area contributed by atoms with E-state index in [4.69, 9.17) is 0 Å². The molecular formula is C9H16N2O. The van der Waals surface area contributed by atoms with E-state index in [9.17, 15) is 4.79 Å². The topological polar surface area (TPSA) is 32.3 Å². The van der Waals surface area contributed by atoms with Crippen LogP contribution in [-0.2, 0) is 4.79 Å². The van der Waals surface area contributed by atoms with Crippen molar-refractivity contribution >= 4 is 5.91 Å². The Labute approximate surface area is 73.1 Å². The molecule has 2 aliphatic rings. The summed E-state index contributed by atoms with van der Waals surface area (Å²) in [5.74, 6) is 1.70. The molecule has 3 heteroatoms. The van der Waals surface area contributed by atoms with Gasteiger partial charge in [-0.2, -0.15) is 0 Å². The Hall–Kier alpha value is -0.570. The Morgan fingerprint density at radius 1 is 1.50 bits per heavy atom. The number of nitrogens with one attached hydrogen (secondary N) is 1. The summed E-state index contributed by atoms with van der Waals surface area (Å²) in [6.45, 7) is 6.07. The first-order valence-corrected chi connectivity index (χ1v) is 4.79. The van der Waals surface area contributed by atoms with E-state index in [0.29, 0.717) is 11.8 Å². The molecule has 12 heavy (non-hydrogen) atoms. The Kier molecular flexibility index (Phi) is 2.05. The molecule has 2 atom stereocenters. The number of fused-ring (bicyclic) bond motifs is 1. The van der Waals surface area contributed by atoms with Crippen molar-refractivity contribution in [3.05, 3.63) is 0 Å². The number of amides is 1. The Balaban J connectivity index is 2.03. The van der Waals surface area contributed by atoms with Crippen molar-refractivity contribution in [2.75, 3.05) is 26.2 Å². The molecule has 0 spiro atoms. The van der Waals surface area contributed by atoms with Crippen LogP contribution in [0.2, 0.25) is 0 Å². The Bertz CT molecular complexity index is 193. The first-order valence-electron chi connectivity index (χ1n) is 4.79. The fourth-order valence-corrected chi connectivity index (χ4v) is 2.28. The van der Waals surface area contributed by atoms with E-state index in [-0.39, 0.29) is 0 Å². The van der Waals surface area contributed by atoms with Crippen LogP contribution in [0.3, 0.4) is 0 Å². The van der Waals surface area contributed by atoms with Gasteiger partial charge in [0.25, 0.3) is 0 Å².